The molecule has 2 aliphatic rings. The minimum atomic E-state index is -0.457. The van der Waals surface area contributed by atoms with Crippen LogP contribution in [-0.4, -0.2) is 71.3 Å². The molecule has 0 saturated carbocycles. The maximum absolute atomic E-state index is 13.7. The van der Waals surface area contributed by atoms with E-state index in [0.29, 0.717) is 29.2 Å². The summed E-state index contributed by atoms with van der Waals surface area (Å²) in [5, 5.41) is 3.79. The molecule has 41 heavy (non-hydrogen) atoms. The molecule has 208 valence electrons. The molecule has 0 aliphatic carbocycles. The summed E-state index contributed by atoms with van der Waals surface area (Å²) >= 11 is 0. The number of aromatic nitrogens is 1. The van der Waals surface area contributed by atoms with E-state index in [1.54, 1.807) is 36.3 Å². The van der Waals surface area contributed by atoms with E-state index in [0.717, 1.165) is 22.0 Å². The van der Waals surface area contributed by atoms with Crippen LogP contribution in [0.5, 0.6) is 11.5 Å². The van der Waals surface area contributed by atoms with Gasteiger partial charge in [-0.25, -0.2) is 0 Å². The number of fused-ring (bicyclic) bond motifs is 6. The number of carbonyl (C=O) groups is 3. The molecule has 3 amide bonds. The van der Waals surface area contributed by atoms with Gasteiger partial charge in [-0.05, 0) is 60.5 Å². The van der Waals surface area contributed by atoms with Crippen LogP contribution in [0.25, 0.3) is 10.9 Å². The van der Waals surface area contributed by atoms with Crippen LogP contribution in [0.3, 0.4) is 0 Å². The van der Waals surface area contributed by atoms with Gasteiger partial charge in [-0.3, -0.25) is 19.4 Å². The largest absolute Gasteiger partial charge is 0.457 e. The van der Waals surface area contributed by atoms with Gasteiger partial charge in [0.15, 0.2) is 0 Å². The number of nitrogens with zero attached hydrogens (tertiary/aromatic N) is 3. The van der Waals surface area contributed by atoms with E-state index in [1.165, 1.54) is 4.90 Å². The Bertz CT molecular complexity index is 1650. The first kappa shape index (κ1) is 26.5. The first-order valence-electron chi connectivity index (χ1n) is 13.5. The Labute approximate surface area is 237 Å². The second-order valence-corrected chi connectivity index (χ2v) is 10.5. The van der Waals surface area contributed by atoms with Crippen molar-refractivity contribution < 1.29 is 23.9 Å². The average Bonchev–Trinajstić information content (AvgIpc) is 3.38. The summed E-state index contributed by atoms with van der Waals surface area (Å²) in [6.45, 7) is 2.61. The van der Waals surface area contributed by atoms with Crippen LogP contribution in [0.4, 0.5) is 0 Å². The second-order valence-electron chi connectivity index (χ2n) is 10.5. The summed E-state index contributed by atoms with van der Waals surface area (Å²) in [5.41, 5.74) is 3.47. The predicted octanol–water partition coefficient (Wildman–Crippen LogP) is 3.95. The quantitative estimate of drug-likeness (QED) is 0.385. The summed E-state index contributed by atoms with van der Waals surface area (Å²) in [7, 11) is 1.59. The Morgan fingerprint density at radius 3 is 2.73 bits per heavy atom. The number of likely N-dealkylation sites (N-methyl/N-ethyl adjacent to an activating group) is 1. The fraction of sp³-hybridized carbons (Fsp3) is 0.250. The van der Waals surface area contributed by atoms with E-state index in [-0.39, 0.29) is 37.4 Å². The van der Waals surface area contributed by atoms with Crippen molar-refractivity contribution >= 4 is 28.6 Å². The van der Waals surface area contributed by atoms with Crippen LogP contribution in [0.15, 0.2) is 79.0 Å². The van der Waals surface area contributed by atoms with Crippen LogP contribution in [0.1, 0.15) is 31.8 Å². The molecular formula is C32H30N4O5. The molecule has 4 bridgehead atoms. The van der Waals surface area contributed by atoms with Gasteiger partial charge in [0.25, 0.3) is 11.8 Å². The average molecular weight is 551 g/mol. The van der Waals surface area contributed by atoms with Crippen molar-refractivity contribution in [1.29, 1.82) is 0 Å². The topological polar surface area (TPSA) is 101 Å². The number of ether oxygens (including phenoxy) is 2. The highest BCUT2D eigenvalue weighted by atomic mass is 16.5. The first-order chi connectivity index (χ1) is 19.9. The number of rotatable bonds is 1. The fourth-order valence-electron chi connectivity index (χ4n) is 5.34. The monoisotopic (exact) mass is 550 g/mol. The first-order valence-corrected chi connectivity index (χ1v) is 13.5. The summed E-state index contributed by atoms with van der Waals surface area (Å²) in [5.74, 6) is 0.397. The standard InChI is InChI=1S/C32H30N4O5/c1-20-11-12-22-15-28(20)41-23-7-3-6-21(14-23)19-40-29-17-36(16-27(29)34-30(37)18-35(2)31(22)38)32(39)25-8-4-10-26-24(25)9-5-13-33-26/h3-15,27,29H,16-19H2,1-2H3,(H,34,37)/t27-,29-/m0/s1. The molecule has 9 nitrogen and oxygen atoms in total. The number of likely N-dealkylation sites (tertiary alicyclic amines) is 1. The molecule has 0 radical (unpaired) electrons. The smallest absolute Gasteiger partial charge is 0.254 e. The summed E-state index contributed by atoms with van der Waals surface area (Å²) in [4.78, 5) is 47.4. The van der Waals surface area contributed by atoms with E-state index < -0.39 is 12.1 Å². The Morgan fingerprint density at radius 2 is 1.85 bits per heavy atom. The lowest BCUT2D eigenvalue weighted by Crippen LogP contribution is -2.48. The third-order valence-electron chi connectivity index (χ3n) is 7.53. The molecule has 1 fully saturated rings. The van der Waals surface area contributed by atoms with E-state index >= 15 is 0 Å². The fourth-order valence-corrected chi connectivity index (χ4v) is 5.34. The SMILES string of the molecule is Cc1ccc2cc1Oc1cccc(c1)CO[C@H]1CN(C(=O)c3cccc4ncccc34)C[C@@H]1NC(=O)CN(C)C2=O. The molecule has 3 aromatic carbocycles. The van der Waals surface area contributed by atoms with Gasteiger partial charge in [0, 0.05) is 42.8 Å². The van der Waals surface area contributed by atoms with Gasteiger partial charge in [0.2, 0.25) is 5.91 Å². The Morgan fingerprint density at radius 1 is 1.00 bits per heavy atom. The lowest BCUT2D eigenvalue weighted by Gasteiger charge is -2.23. The van der Waals surface area contributed by atoms with Crippen LogP contribution >= 0.6 is 0 Å². The van der Waals surface area contributed by atoms with Crippen LogP contribution in [0, 0.1) is 6.92 Å². The number of aryl methyl sites for hydroxylation is 1. The van der Waals surface area contributed by atoms with Crippen molar-refractivity contribution in [3.05, 3.63) is 101 Å². The van der Waals surface area contributed by atoms with E-state index in [1.807, 2.05) is 61.5 Å². The molecule has 9 heteroatoms. The number of hydrogen-bond acceptors (Lipinski definition) is 6. The molecule has 1 aromatic heterocycles. The minimum absolute atomic E-state index is 0.145. The highest BCUT2D eigenvalue weighted by molar-refractivity contribution is 6.06. The zero-order valence-electron chi connectivity index (χ0n) is 22.9. The van der Waals surface area contributed by atoms with Gasteiger partial charge in [-0.1, -0.05) is 30.3 Å². The lowest BCUT2D eigenvalue weighted by atomic mass is 10.1. The predicted molar refractivity (Wildman–Crippen MR) is 153 cm³/mol. The third-order valence-corrected chi connectivity index (χ3v) is 7.53. The maximum Gasteiger partial charge on any atom is 0.254 e. The molecule has 1 N–H and O–H groups in total. The highest BCUT2D eigenvalue weighted by Crippen LogP contribution is 2.28. The summed E-state index contributed by atoms with van der Waals surface area (Å²) in [6, 6.07) is 21.5. The van der Waals surface area contributed by atoms with Gasteiger partial charge in [0.05, 0.1) is 30.8 Å². The number of pyridine rings is 1. The van der Waals surface area contributed by atoms with Crippen molar-refractivity contribution in [1.82, 2.24) is 20.1 Å². The number of benzene rings is 3. The maximum atomic E-state index is 13.7. The molecule has 1 saturated heterocycles. The number of amides is 3. The van der Waals surface area contributed by atoms with Crippen molar-refractivity contribution in [2.24, 2.45) is 0 Å². The van der Waals surface area contributed by atoms with Crippen molar-refractivity contribution in [2.75, 3.05) is 26.7 Å². The second kappa shape index (κ2) is 11.0. The van der Waals surface area contributed by atoms with Crippen LogP contribution in [-0.2, 0) is 16.1 Å². The third kappa shape index (κ3) is 5.49. The summed E-state index contributed by atoms with van der Waals surface area (Å²) < 4.78 is 12.5. The summed E-state index contributed by atoms with van der Waals surface area (Å²) in [6.07, 6.45) is 1.24. The Balaban J connectivity index is 1.29. The van der Waals surface area contributed by atoms with Gasteiger partial charge in [0.1, 0.15) is 11.5 Å². The van der Waals surface area contributed by atoms with E-state index in [4.69, 9.17) is 9.47 Å². The molecule has 2 atom stereocenters. The Hall–Kier alpha value is -4.76. The zero-order valence-corrected chi connectivity index (χ0v) is 22.9. The lowest BCUT2D eigenvalue weighted by molar-refractivity contribution is -0.123. The molecule has 2 aliphatic heterocycles. The number of carbonyl (C=O) groups excluding carboxylic acids is 3. The van der Waals surface area contributed by atoms with Crippen molar-refractivity contribution in [2.45, 2.75) is 25.7 Å². The molecular weight excluding hydrogens is 520 g/mol. The van der Waals surface area contributed by atoms with Crippen LogP contribution < -0.4 is 10.1 Å². The van der Waals surface area contributed by atoms with Crippen molar-refractivity contribution in [3.8, 4) is 11.5 Å². The van der Waals surface area contributed by atoms with Gasteiger partial charge >= 0.3 is 0 Å². The van der Waals surface area contributed by atoms with Crippen LogP contribution in [0.2, 0.25) is 0 Å². The molecule has 0 unspecified atom stereocenters. The van der Waals surface area contributed by atoms with Gasteiger partial charge in [-0.2, -0.15) is 0 Å². The minimum Gasteiger partial charge on any atom is -0.457 e. The highest BCUT2D eigenvalue weighted by Gasteiger charge is 2.38. The van der Waals surface area contributed by atoms with Gasteiger partial charge < -0.3 is 24.6 Å². The Kier molecular flexibility index (Phi) is 7.11. The van der Waals surface area contributed by atoms with Crippen molar-refractivity contribution in [3.63, 3.8) is 0 Å². The molecule has 3 heterocycles. The van der Waals surface area contributed by atoms with Gasteiger partial charge in [-0.15, -0.1) is 0 Å². The molecule has 0 spiro atoms. The molecule has 6 rings (SSSR count). The number of hydrogen-bond donors (Lipinski definition) is 1. The van der Waals surface area contributed by atoms with E-state index in [9.17, 15) is 14.4 Å². The zero-order chi connectivity index (χ0) is 28.5. The van der Waals surface area contributed by atoms with E-state index in [2.05, 4.69) is 10.3 Å². The normalized spacial score (nSPS) is 19.5. The molecule has 4 aromatic rings. The number of nitrogens with one attached hydrogen (secondary N) is 1.